The van der Waals surface area contributed by atoms with E-state index < -0.39 is 22.6 Å². The number of sulfonamides is 1. The monoisotopic (exact) mass is 416 g/mol. The third kappa shape index (κ3) is 5.21. The number of ether oxygens (including phenoxy) is 1. The van der Waals surface area contributed by atoms with Crippen molar-refractivity contribution in [1.29, 1.82) is 0 Å². The highest BCUT2D eigenvalue weighted by molar-refractivity contribution is 7.89. The molecule has 1 aromatic carbocycles. The van der Waals surface area contributed by atoms with E-state index in [1.807, 2.05) is 13.8 Å². The van der Waals surface area contributed by atoms with Crippen LogP contribution in [0, 0.1) is 11.8 Å². The zero-order valence-corrected chi connectivity index (χ0v) is 17.5. The number of hydrogen-bond donors (Lipinski definition) is 0. The summed E-state index contributed by atoms with van der Waals surface area (Å²) in [5, 5.41) is 0.0663. The van der Waals surface area contributed by atoms with Gasteiger partial charge in [-0.1, -0.05) is 25.4 Å². The number of amides is 1. The number of piperidine rings is 1. The molecule has 7 nitrogen and oxygen atoms in total. The summed E-state index contributed by atoms with van der Waals surface area (Å²) in [5.74, 6) is -0.707. The van der Waals surface area contributed by atoms with Crippen LogP contribution in [0.1, 0.15) is 30.6 Å². The molecule has 0 spiro atoms. The lowest BCUT2D eigenvalue weighted by Gasteiger charge is -2.34. The lowest BCUT2D eigenvalue weighted by Crippen LogP contribution is -2.42. The van der Waals surface area contributed by atoms with Crippen LogP contribution in [0.5, 0.6) is 0 Å². The van der Waals surface area contributed by atoms with Crippen LogP contribution in [-0.2, 0) is 19.6 Å². The van der Waals surface area contributed by atoms with Gasteiger partial charge in [-0.25, -0.2) is 13.2 Å². The summed E-state index contributed by atoms with van der Waals surface area (Å²) in [6.45, 7) is 4.47. The summed E-state index contributed by atoms with van der Waals surface area (Å²) in [7, 11) is -0.676. The molecule has 2 atom stereocenters. The van der Waals surface area contributed by atoms with Crippen molar-refractivity contribution in [2.75, 3.05) is 33.8 Å². The Bertz CT molecular complexity index is 815. The van der Waals surface area contributed by atoms with Crippen molar-refractivity contribution < 1.29 is 22.7 Å². The first-order valence-electron chi connectivity index (χ1n) is 8.69. The highest BCUT2D eigenvalue weighted by Crippen LogP contribution is 2.28. The highest BCUT2D eigenvalue weighted by atomic mass is 35.5. The molecular formula is C18H25ClN2O5S. The zero-order valence-electron chi connectivity index (χ0n) is 15.9. The molecule has 2 rings (SSSR count). The Kier molecular flexibility index (Phi) is 6.88. The topological polar surface area (TPSA) is 84.0 Å². The van der Waals surface area contributed by atoms with Crippen LogP contribution >= 0.6 is 11.6 Å². The number of esters is 1. The van der Waals surface area contributed by atoms with Gasteiger partial charge in [-0.2, -0.15) is 4.31 Å². The number of halogens is 1. The van der Waals surface area contributed by atoms with E-state index in [1.54, 1.807) is 0 Å². The van der Waals surface area contributed by atoms with Gasteiger partial charge in [0.2, 0.25) is 10.0 Å². The van der Waals surface area contributed by atoms with E-state index in [4.69, 9.17) is 16.3 Å². The Morgan fingerprint density at radius 2 is 1.81 bits per heavy atom. The average molecular weight is 417 g/mol. The van der Waals surface area contributed by atoms with Crippen molar-refractivity contribution in [3.05, 3.63) is 28.8 Å². The molecule has 0 radical (unpaired) electrons. The Labute approximate surface area is 165 Å². The molecule has 0 N–H and O–H groups in total. The van der Waals surface area contributed by atoms with E-state index in [0.717, 1.165) is 6.42 Å². The maximum atomic E-state index is 13.0. The minimum atomic E-state index is -3.75. The van der Waals surface area contributed by atoms with Crippen molar-refractivity contribution >= 4 is 33.5 Å². The van der Waals surface area contributed by atoms with Gasteiger partial charge in [-0.15, -0.1) is 0 Å². The van der Waals surface area contributed by atoms with Crippen LogP contribution in [0.4, 0.5) is 0 Å². The Morgan fingerprint density at radius 1 is 1.22 bits per heavy atom. The fourth-order valence-electron chi connectivity index (χ4n) is 3.11. The predicted octanol–water partition coefficient (Wildman–Crippen LogP) is 2.25. The molecule has 0 bridgehead atoms. The molecule has 0 unspecified atom stereocenters. The van der Waals surface area contributed by atoms with Crippen molar-refractivity contribution in [3.8, 4) is 0 Å². The SMILES string of the molecule is C[C@@H]1C[C@@H](C)CN(S(=O)(=O)c2ccc(Cl)c(C(=O)OCC(=O)N(C)C)c2)C1. The maximum Gasteiger partial charge on any atom is 0.340 e. The molecule has 9 heteroatoms. The van der Waals surface area contributed by atoms with Gasteiger partial charge in [0.25, 0.3) is 5.91 Å². The second-order valence-corrected chi connectivity index (χ2v) is 9.62. The maximum absolute atomic E-state index is 13.0. The molecule has 0 saturated carbocycles. The molecule has 0 aromatic heterocycles. The van der Waals surface area contributed by atoms with Crippen LogP contribution in [0.25, 0.3) is 0 Å². The molecule has 150 valence electrons. The summed E-state index contributed by atoms with van der Waals surface area (Å²) in [6.07, 6.45) is 0.976. The molecule has 1 amide bonds. The number of carbonyl (C=O) groups excluding carboxylic acids is 2. The summed E-state index contributed by atoms with van der Waals surface area (Å²) in [5.41, 5.74) is -0.0811. The molecule has 0 aliphatic carbocycles. The molecular weight excluding hydrogens is 392 g/mol. The highest BCUT2D eigenvalue weighted by Gasteiger charge is 2.32. The lowest BCUT2D eigenvalue weighted by molar-refractivity contribution is -0.131. The number of hydrogen-bond acceptors (Lipinski definition) is 5. The van der Waals surface area contributed by atoms with Gasteiger partial charge < -0.3 is 9.64 Å². The second kappa shape index (κ2) is 8.58. The van der Waals surface area contributed by atoms with Crippen LogP contribution in [0.3, 0.4) is 0 Å². The first kappa shape index (κ1) is 21.7. The molecule has 1 fully saturated rings. The van der Waals surface area contributed by atoms with Gasteiger partial charge in [-0.05, 0) is 36.5 Å². The summed E-state index contributed by atoms with van der Waals surface area (Å²) >= 11 is 6.05. The number of benzene rings is 1. The fraction of sp³-hybridized carbons (Fsp3) is 0.556. The number of rotatable bonds is 5. The van der Waals surface area contributed by atoms with E-state index in [0.29, 0.717) is 13.1 Å². The quantitative estimate of drug-likeness (QED) is 0.687. The lowest BCUT2D eigenvalue weighted by atomic mass is 9.94. The van der Waals surface area contributed by atoms with E-state index in [1.165, 1.54) is 41.5 Å². The van der Waals surface area contributed by atoms with Crippen molar-refractivity contribution in [2.45, 2.75) is 25.2 Å². The standard InChI is InChI=1S/C18H25ClN2O5S/c1-12-7-13(2)10-21(9-12)27(24,25)14-5-6-16(19)15(8-14)18(23)26-11-17(22)20(3)4/h5-6,8,12-13H,7,9-11H2,1-4H3/t12-,13-/m1/s1. The average Bonchev–Trinajstić information content (AvgIpc) is 2.58. The van der Waals surface area contributed by atoms with Gasteiger partial charge in [0.1, 0.15) is 0 Å². The smallest absolute Gasteiger partial charge is 0.340 e. The Hall–Kier alpha value is -1.64. The van der Waals surface area contributed by atoms with Gasteiger partial charge in [0.15, 0.2) is 6.61 Å². The van der Waals surface area contributed by atoms with Crippen molar-refractivity contribution in [1.82, 2.24) is 9.21 Å². The summed E-state index contributed by atoms with van der Waals surface area (Å²) < 4.78 is 32.4. The van der Waals surface area contributed by atoms with Crippen LogP contribution in [-0.4, -0.2) is 63.3 Å². The van der Waals surface area contributed by atoms with E-state index >= 15 is 0 Å². The predicted molar refractivity (Wildman–Crippen MR) is 102 cm³/mol. The molecule has 1 aliphatic rings. The number of likely N-dealkylation sites (N-methyl/N-ethyl adjacent to an activating group) is 1. The largest absolute Gasteiger partial charge is 0.452 e. The first-order chi connectivity index (χ1) is 12.5. The summed E-state index contributed by atoms with van der Waals surface area (Å²) in [4.78, 5) is 25.1. The van der Waals surface area contributed by atoms with Crippen LogP contribution in [0.15, 0.2) is 23.1 Å². The van der Waals surface area contributed by atoms with E-state index in [9.17, 15) is 18.0 Å². The molecule has 1 aliphatic heterocycles. The number of nitrogens with zero attached hydrogens (tertiary/aromatic N) is 2. The third-order valence-electron chi connectivity index (χ3n) is 4.46. The van der Waals surface area contributed by atoms with Gasteiger partial charge in [-0.3, -0.25) is 4.79 Å². The van der Waals surface area contributed by atoms with Crippen LogP contribution < -0.4 is 0 Å². The Balaban J connectivity index is 2.25. The van der Waals surface area contributed by atoms with Gasteiger partial charge in [0, 0.05) is 27.2 Å². The molecule has 1 aromatic rings. The molecule has 1 saturated heterocycles. The molecule has 27 heavy (non-hydrogen) atoms. The fourth-order valence-corrected chi connectivity index (χ4v) is 5.01. The minimum Gasteiger partial charge on any atom is -0.452 e. The van der Waals surface area contributed by atoms with Gasteiger partial charge >= 0.3 is 5.97 Å². The van der Waals surface area contributed by atoms with E-state index in [2.05, 4.69) is 0 Å². The second-order valence-electron chi connectivity index (χ2n) is 7.27. The van der Waals surface area contributed by atoms with Crippen molar-refractivity contribution in [3.63, 3.8) is 0 Å². The van der Waals surface area contributed by atoms with Gasteiger partial charge in [0.05, 0.1) is 15.5 Å². The number of carbonyl (C=O) groups is 2. The third-order valence-corrected chi connectivity index (χ3v) is 6.61. The van der Waals surface area contributed by atoms with Crippen molar-refractivity contribution in [2.24, 2.45) is 11.8 Å². The molecule has 1 heterocycles. The normalized spacial score (nSPS) is 20.9. The van der Waals surface area contributed by atoms with E-state index in [-0.39, 0.29) is 33.2 Å². The first-order valence-corrected chi connectivity index (χ1v) is 10.5. The minimum absolute atomic E-state index is 0.0147. The summed E-state index contributed by atoms with van der Waals surface area (Å²) in [6, 6.07) is 3.95. The van der Waals surface area contributed by atoms with Crippen LogP contribution in [0.2, 0.25) is 5.02 Å². The zero-order chi connectivity index (χ0) is 20.4. The Morgan fingerprint density at radius 3 is 2.37 bits per heavy atom.